The van der Waals surface area contributed by atoms with Crippen LogP contribution in [0.5, 0.6) is 5.88 Å². The van der Waals surface area contributed by atoms with Gasteiger partial charge in [0.1, 0.15) is 0 Å². The molecule has 0 atom stereocenters. The summed E-state index contributed by atoms with van der Waals surface area (Å²) in [6, 6.07) is 11.2. The van der Waals surface area contributed by atoms with Gasteiger partial charge in [-0.3, -0.25) is 4.79 Å². The van der Waals surface area contributed by atoms with E-state index in [9.17, 15) is 4.79 Å². The third kappa shape index (κ3) is 5.56. The number of rotatable bonds is 11. The van der Waals surface area contributed by atoms with E-state index in [4.69, 9.17) is 4.74 Å². The van der Waals surface area contributed by atoms with Crippen LogP contribution in [0.4, 0.5) is 0 Å². The summed E-state index contributed by atoms with van der Waals surface area (Å²) in [4.78, 5) is 18.9. The molecule has 0 aliphatic carbocycles. The summed E-state index contributed by atoms with van der Waals surface area (Å²) in [5, 5.41) is 2.03. The first-order chi connectivity index (χ1) is 13.3. The molecular formula is C23H30N2O2. The summed E-state index contributed by atoms with van der Waals surface area (Å²) in [5.74, 6) is 0.672. The van der Waals surface area contributed by atoms with Gasteiger partial charge >= 0.3 is 0 Å². The van der Waals surface area contributed by atoms with Crippen LogP contribution >= 0.6 is 0 Å². The lowest BCUT2D eigenvalue weighted by molar-refractivity contribution is 0.294. The second-order valence-electron chi connectivity index (χ2n) is 7.24. The van der Waals surface area contributed by atoms with Gasteiger partial charge < -0.3 is 9.72 Å². The molecule has 4 heteroatoms. The Morgan fingerprint density at radius 3 is 2.30 bits per heavy atom. The number of aromatic nitrogens is 2. The predicted octanol–water partition coefficient (Wildman–Crippen LogP) is 5.99. The lowest BCUT2D eigenvalue weighted by Crippen LogP contribution is -2.02. The van der Waals surface area contributed by atoms with Gasteiger partial charge in [-0.2, -0.15) is 0 Å². The van der Waals surface area contributed by atoms with Crippen LogP contribution in [0.25, 0.3) is 21.8 Å². The Labute approximate surface area is 161 Å². The molecule has 0 spiro atoms. The number of nitrogens with zero attached hydrogens (tertiary/aromatic N) is 1. The number of benzene rings is 1. The molecule has 4 nitrogen and oxygen atoms in total. The first-order valence-corrected chi connectivity index (χ1v) is 10.3. The minimum atomic E-state index is -0.0873. The van der Waals surface area contributed by atoms with E-state index in [1.54, 1.807) is 6.07 Å². The summed E-state index contributed by atoms with van der Waals surface area (Å²) >= 11 is 0. The second kappa shape index (κ2) is 10.1. The first kappa shape index (κ1) is 19.4. The van der Waals surface area contributed by atoms with Crippen LogP contribution in [-0.2, 0) is 0 Å². The fraction of sp³-hybridized carbons (Fsp3) is 0.478. The first-order valence-electron chi connectivity index (χ1n) is 10.3. The third-order valence-electron chi connectivity index (χ3n) is 5.04. The van der Waals surface area contributed by atoms with Gasteiger partial charge in [0.25, 0.3) is 0 Å². The van der Waals surface area contributed by atoms with E-state index in [-0.39, 0.29) is 5.56 Å². The summed E-state index contributed by atoms with van der Waals surface area (Å²) in [5.41, 5.74) is 1.63. The number of fused-ring (bicyclic) bond motifs is 3. The van der Waals surface area contributed by atoms with E-state index < -0.39 is 0 Å². The molecule has 1 aromatic carbocycles. The standard InChI is InChI=1S/C23H30N2O2/c1-2-3-4-5-6-7-8-9-10-17-27-23-16-12-19-18-11-15-22(26)24-20(18)13-14-21(19)25-23/h11-16H,2-10,17H2,1H3,(H,24,26). The van der Waals surface area contributed by atoms with E-state index in [2.05, 4.69) is 16.9 Å². The second-order valence-corrected chi connectivity index (χ2v) is 7.24. The molecule has 0 amide bonds. The summed E-state index contributed by atoms with van der Waals surface area (Å²) in [7, 11) is 0. The van der Waals surface area contributed by atoms with Crippen LogP contribution in [0.2, 0.25) is 0 Å². The molecule has 0 aliphatic rings. The van der Waals surface area contributed by atoms with Crippen LogP contribution in [-0.4, -0.2) is 16.6 Å². The summed E-state index contributed by atoms with van der Waals surface area (Å²) in [6.07, 6.45) is 11.8. The summed E-state index contributed by atoms with van der Waals surface area (Å²) < 4.78 is 5.84. The zero-order valence-electron chi connectivity index (χ0n) is 16.3. The molecule has 0 bridgehead atoms. The SMILES string of the molecule is CCCCCCCCCCCOc1ccc2c(ccc3[nH]c(=O)ccc32)n1. The van der Waals surface area contributed by atoms with Gasteiger partial charge in [-0.15, -0.1) is 0 Å². The predicted molar refractivity (Wildman–Crippen MR) is 113 cm³/mol. The van der Waals surface area contributed by atoms with Crippen LogP contribution in [0.15, 0.2) is 41.2 Å². The molecule has 0 aliphatic heterocycles. The minimum absolute atomic E-state index is 0.0873. The average Bonchev–Trinajstić information content (AvgIpc) is 2.69. The van der Waals surface area contributed by atoms with Crippen molar-refractivity contribution in [1.29, 1.82) is 0 Å². The summed E-state index contributed by atoms with van der Waals surface area (Å²) in [6.45, 7) is 2.98. The number of ether oxygens (including phenoxy) is 1. The van der Waals surface area contributed by atoms with E-state index in [1.165, 1.54) is 51.4 Å². The fourth-order valence-corrected chi connectivity index (χ4v) is 3.50. The Balaban J connectivity index is 1.45. The van der Waals surface area contributed by atoms with Crippen LogP contribution in [0.1, 0.15) is 64.7 Å². The topological polar surface area (TPSA) is 55.0 Å². The number of hydrogen-bond acceptors (Lipinski definition) is 3. The molecule has 0 unspecified atom stereocenters. The molecule has 3 rings (SSSR count). The van der Waals surface area contributed by atoms with Gasteiger partial charge in [0.15, 0.2) is 0 Å². The maximum Gasteiger partial charge on any atom is 0.248 e. The van der Waals surface area contributed by atoms with Crippen molar-refractivity contribution in [2.45, 2.75) is 64.7 Å². The molecule has 0 fully saturated rings. The van der Waals surface area contributed by atoms with Crippen molar-refractivity contribution in [3.63, 3.8) is 0 Å². The zero-order chi connectivity index (χ0) is 18.9. The van der Waals surface area contributed by atoms with E-state index in [0.717, 1.165) is 34.8 Å². The van der Waals surface area contributed by atoms with Crippen molar-refractivity contribution >= 4 is 21.8 Å². The molecule has 144 valence electrons. The number of H-pyrrole nitrogens is 1. The maximum absolute atomic E-state index is 11.5. The van der Waals surface area contributed by atoms with Gasteiger partial charge in [0.05, 0.1) is 12.1 Å². The Morgan fingerprint density at radius 2 is 1.52 bits per heavy atom. The van der Waals surface area contributed by atoms with Crippen molar-refractivity contribution in [3.8, 4) is 5.88 Å². The minimum Gasteiger partial charge on any atom is -0.478 e. The van der Waals surface area contributed by atoms with E-state index in [1.807, 2.05) is 30.3 Å². The van der Waals surface area contributed by atoms with Crippen LogP contribution in [0, 0.1) is 0 Å². The van der Waals surface area contributed by atoms with Crippen LogP contribution < -0.4 is 10.3 Å². The molecule has 2 aromatic heterocycles. The highest BCUT2D eigenvalue weighted by Crippen LogP contribution is 2.24. The largest absolute Gasteiger partial charge is 0.478 e. The van der Waals surface area contributed by atoms with Crippen molar-refractivity contribution in [3.05, 3.63) is 46.8 Å². The molecule has 0 saturated heterocycles. The van der Waals surface area contributed by atoms with Crippen molar-refractivity contribution in [2.75, 3.05) is 6.61 Å². The molecule has 1 N–H and O–H groups in total. The Bertz CT molecular complexity index is 917. The van der Waals surface area contributed by atoms with Crippen molar-refractivity contribution < 1.29 is 4.74 Å². The Hall–Kier alpha value is -2.36. The molecule has 3 aromatic rings. The van der Waals surface area contributed by atoms with Crippen molar-refractivity contribution in [1.82, 2.24) is 9.97 Å². The third-order valence-corrected chi connectivity index (χ3v) is 5.04. The van der Waals surface area contributed by atoms with E-state index in [0.29, 0.717) is 5.88 Å². The molecule has 2 heterocycles. The highest BCUT2D eigenvalue weighted by atomic mass is 16.5. The van der Waals surface area contributed by atoms with Crippen molar-refractivity contribution in [2.24, 2.45) is 0 Å². The quantitative estimate of drug-likeness (QED) is 0.335. The van der Waals surface area contributed by atoms with E-state index >= 15 is 0 Å². The highest BCUT2D eigenvalue weighted by Gasteiger charge is 2.04. The fourth-order valence-electron chi connectivity index (χ4n) is 3.50. The highest BCUT2D eigenvalue weighted by molar-refractivity contribution is 6.04. The number of nitrogens with one attached hydrogen (secondary N) is 1. The number of hydrogen-bond donors (Lipinski definition) is 1. The zero-order valence-corrected chi connectivity index (χ0v) is 16.3. The lowest BCUT2D eigenvalue weighted by Gasteiger charge is -2.08. The molecular weight excluding hydrogens is 336 g/mol. The lowest BCUT2D eigenvalue weighted by atomic mass is 10.1. The van der Waals surface area contributed by atoms with Gasteiger partial charge in [0, 0.05) is 28.4 Å². The van der Waals surface area contributed by atoms with Gasteiger partial charge in [0.2, 0.25) is 11.4 Å². The van der Waals surface area contributed by atoms with Crippen LogP contribution in [0.3, 0.4) is 0 Å². The smallest absolute Gasteiger partial charge is 0.248 e. The number of aromatic amines is 1. The van der Waals surface area contributed by atoms with Gasteiger partial charge in [-0.05, 0) is 30.7 Å². The Kier molecular flexibility index (Phi) is 7.26. The monoisotopic (exact) mass is 366 g/mol. The Morgan fingerprint density at radius 1 is 0.815 bits per heavy atom. The molecule has 0 saturated carbocycles. The number of pyridine rings is 2. The van der Waals surface area contributed by atoms with Gasteiger partial charge in [-0.1, -0.05) is 58.3 Å². The normalized spacial score (nSPS) is 11.3. The average molecular weight is 367 g/mol. The molecule has 27 heavy (non-hydrogen) atoms. The molecule has 0 radical (unpaired) electrons. The maximum atomic E-state index is 11.5. The van der Waals surface area contributed by atoms with Gasteiger partial charge in [-0.25, -0.2) is 4.98 Å². The number of unbranched alkanes of at least 4 members (excludes halogenated alkanes) is 8.